The minimum Gasteiger partial charge on any atom is -0.361 e. The monoisotopic (exact) mass is 344 g/mol. The summed E-state index contributed by atoms with van der Waals surface area (Å²) in [5, 5.41) is 4.43. The number of aryl methyl sites for hydroxylation is 1. The first-order valence-electron chi connectivity index (χ1n) is 5.58. The zero-order valence-corrected chi connectivity index (χ0v) is 12.7. The van der Waals surface area contributed by atoms with Gasteiger partial charge in [-0.2, -0.15) is 0 Å². The van der Waals surface area contributed by atoms with E-state index in [0.29, 0.717) is 16.8 Å². The molecule has 0 aliphatic heterocycles. The number of rotatable bonds is 5. The molecule has 0 unspecified atom stereocenters. The van der Waals surface area contributed by atoms with Gasteiger partial charge in [-0.25, -0.2) is 13.1 Å². The first-order chi connectivity index (χ1) is 9.01. The third-order valence-corrected chi connectivity index (χ3v) is 4.57. The molecule has 0 saturated carbocycles. The number of nitrogens with zero attached hydrogens (tertiary/aromatic N) is 1. The number of hydrogen-bond donors (Lipinski definition) is 1. The lowest BCUT2D eigenvalue weighted by atomic mass is 10.2. The molecule has 7 heteroatoms. The van der Waals surface area contributed by atoms with E-state index < -0.39 is 10.0 Å². The van der Waals surface area contributed by atoms with Crippen molar-refractivity contribution in [2.75, 3.05) is 0 Å². The molecule has 0 amide bonds. The van der Waals surface area contributed by atoms with Crippen molar-refractivity contribution in [1.82, 2.24) is 9.88 Å². The van der Waals surface area contributed by atoms with Crippen LogP contribution >= 0.6 is 15.9 Å². The lowest BCUT2D eigenvalue weighted by Crippen LogP contribution is -2.23. The van der Waals surface area contributed by atoms with Crippen molar-refractivity contribution in [1.29, 1.82) is 0 Å². The fourth-order valence-electron chi connectivity index (χ4n) is 1.51. The first kappa shape index (κ1) is 14.2. The summed E-state index contributed by atoms with van der Waals surface area (Å²) in [6.45, 7) is 1.86. The van der Waals surface area contributed by atoms with Crippen LogP contribution in [0.5, 0.6) is 0 Å². The molecule has 0 saturated heterocycles. The summed E-state index contributed by atoms with van der Waals surface area (Å²) < 4.78 is 31.4. The van der Waals surface area contributed by atoms with Crippen molar-refractivity contribution in [2.24, 2.45) is 0 Å². The second-order valence-electron chi connectivity index (χ2n) is 4.03. The average molecular weight is 345 g/mol. The van der Waals surface area contributed by atoms with Crippen LogP contribution in [-0.4, -0.2) is 13.6 Å². The Bertz CT molecular complexity index is 650. The summed E-state index contributed by atoms with van der Waals surface area (Å²) in [5.74, 6) is 0.649. The minimum absolute atomic E-state index is 0.111. The molecule has 0 bridgehead atoms. The molecule has 19 heavy (non-hydrogen) atoms. The Balaban J connectivity index is 2.09. The number of halogens is 1. The highest BCUT2D eigenvalue weighted by atomic mass is 79.9. The molecule has 1 aromatic carbocycles. The van der Waals surface area contributed by atoms with Crippen molar-refractivity contribution < 1.29 is 12.9 Å². The quantitative estimate of drug-likeness (QED) is 0.845. The third kappa shape index (κ3) is 3.65. The molecule has 2 rings (SSSR count). The van der Waals surface area contributed by atoms with Crippen molar-refractivity contribution in [2.45, 2.75) is 23.7 Å². The Labute approximate surface area is 120 Å². The van der Waals surface area contributed by atoms with Gasteiger partial charge in [0, 0.05) is 11.4 Å². The molecule has 1 aromatic heterocycles. The Kier molecular flexibility index (Phi) is 4.38. The maximum Gasteiger partial charge on any atom is 0.240 e. The number of sulfonamides is 1. The number of aromatic nitrogens is 1. The van der Waals surface area contributed by atoms with Crippen molar-refractivity contribution in [3.8, 4) is 0 Å². The van der Waals surface area contributed by atoms with Crippen molar-refractivity contribution in [3.05, 3.63) is 47.3 Å². The molecule has 1 N–H and O–H groups in total. The van der Waals surface area contributed by atoms with Gasteiger partial charge in [-0.05, 0) is 24.6 Å². The van der Waals surface area contributed by atoms with Gasteiger partial charge in [-0.1, -0.05) is 33.2 Å². The Morgan fingerprint density at radius 2 is 2.00 bits per heavy atom. The number of alkyl halides is 1. The molecule has 102 valence electrons. The van der Waals surface area contributed by atoms with Crippen molar-refractivity contribution >= 4 is 26.0 Å². The van der Waals surface area contributed by atoms with E-state index in [1.807, 2.05) is 0 Å². The molecule has 0 aliphatic rings. The highest BCUT2D eigenvalue weighted by Crippen LogP contribution is 2.13. The molecule has 0 atom stereocenters. The predicted octanol–water partition coefficient (Wildman–Crippen LogP) is 2.36. The van der Waals surface area contributed by atoms with E-state index in [4.69, 9.17) is 4.52 Å². The van der Waals surface area contributed by atoms with E-state index in [1.54, 1.807) is 37.3 Å². The fourth-order valence-corrected chi connectivity index (χ4v) is 2.88. The zero-order valence-electron chi connectivity index (χ0n) is 10.3. The number of hydrogen-bond acceptors (Lipinski definition) is 4. The van der Waals surface area contributed by atoms with Gasteiger partial charge in [0.25, 0.3) is 0 Å². The molecule has 5 nitrogen and oxygen atoms in total. The van der Waals surface area contributed by atoms with Gasteiger partial charge >= 0.3 is 0 Å². The van der Waals surface area contributed by atoms with Gasteiger partial charge in [0.05, 0.1) is 17.1 Å². The number of nitrogens with one attached hydrogen (secondary N) is 1. The van der Waals surface area contributed by atoms with Crippen LogP contribution in [-0.2, 0) is 21.9 Å². The molecule has 0 spiro atoms. The van der Waals surface area contributed by atoms with Crippen LogP contribution in [0.3, 0.4) is 0 Å². The normalized spacial score (nSPS) is 11.7. The summed E-state index contributed by atoms with van der Waals surface area (Å²) in [6, 6.07) is 8.38. The van der Waals surface area contributed by atoms with E-state index in [1.165, 1.54) is 0 Å². The van der Waals surface area contributed by atoms with Crippen LogP contribution in [0.4, 0.5) is 0 Å². The summed E-state index contributed by atoms with van der Waals surface area (Å²) in [7, 11) is -3.52. The Morgan fingerprint density at radius 3 is 2.53 bits per heavy atom. The lowest BCUT2D eigenvalue weighted by molar-refractivity contribution is 0.390. The van der Waals surface area contributed by atoms with E-state index in [9.17, 15) is 8.42 Å². The van der Waals surface area contributed by atoms with Crippen LogP contribution in [0.25, 0.3) is 0 Å². The molecular weight excluding hydrogens is 332 g/mol. The van der Waals surface area contributed by atoms with E-state index in [2.05, 4.69) is 25.8 Å². The van der Waals surface area contributed by atoms with Crippen LogP contribution < -0.4 is 4.72 Å². The van der Waals surface area contributed by atoms with Gasteiger partial charge in [0.1, 0.15) is 5.76 Å². The fraction of sp³-hybridized carbons (Fsp3) is 0.250. The summed E-state index contributed by atoms with van der Waals surface area (Å²) in [5.41, 5.74) is 1.57. The van der Waals surface area contributed by atoms with Crippen LogP contribution in [0, 0.1) is 6.92 Å². The summed E-state index contributed by atoms with van der Waals surface area (Å²) in [6.07, 6.45) is 0. The van der Waals surface area contributed by atoms with Gasteiger partial charge in [0.2, 0.25) is 10.0 Å². The summed E-state index contributed by atoms with van der Waals surface area (Å²) >= 11 is 3.31. The van der Waals surface area contributed by atoms with Gasteiger partial charge < -0.3 is 4.52 Å². The second kappa shape index (κ2) is 5.85. The maximum absolute atomic E-state index is 12.0. The van der Waals surface area contributed by atoms with Gasteiger partial charge in [-0.3, -0.25) is 0 Å². The molecule has 0 radical (unpaired) electrons. The van der Waals surface area contributed by atoms with Crippen LogP contribution in [0.2, 0.25) is 0 Å². The number of benzene rings is 1. The topological polar surface area (TPSA) is 72.2 Å². The molecule has 1 heterocycles. The molecule has 0 fully saturated rings. The second-order valence-corrected chi connectivity index (χ2v) is 6.36. The first-order valence-corrected chi connectivity index (χ1v) is 8.18. The zero-order chi connectivity index (χ0) is 13.9. The Hall–Kier alpha value is -1.18. The largest absolute Gasteiger partial charge is 0.361 e. The van der Waals surface area contributed by atoms with E-state index in [0.717, 1.165) is 5.56 Å². The maximum atomic E-state index is 12.0. The smallest absolute Gasteiger partial charge is 0.240 e. The van der Waals surface area contributed by atoms with E-state index >= 15 is 0 Å². The average Bonchev–Trinajstić information content (AvgIpc) is 2.82. The van der Waals surface area contributed by atoms with Crippen LogP contribution in [0.1, 0.15) is 17.0 Å². The summed E-state index contributed by atoms with van der Waals surface area (Å²) in [4.78, 5) is 0.234. The standard InChI is InChI=1S/C12H13BrN2O3S/c1-9-6-11(15-18-9)8-14-19(16,17)12-4-2-10(7-13)3-5-12/h2-6,14H,7-8H2,1H3. The van der Waals surface area contributed by atoms with Gasteiger partial charge in [-0.15, -0.1) is 0 Å². The lowest BCUT2D eigenvalue weighted by Gasteiger charge is -2.05. The highest BCUT2D eigenvalue weighted by molar-refractivity contribution is 9.08. The van der Waals surface area contributed by atoms with Crippen LogP contribution in [0.15, 0.2) is 39.8 Å². The highest BCUT2D eigenvalue weighted by Gasteiger charge is 2.14. The Morgan fingerprint density at radius 1 is 1.32 bits per heavy atom. The third-order valence-electron chi connectivity index (χ3n) is 2.51. The molecular formula is C12H13BrN2O3S. The molecule has 2 aromatic rings. The van der Waals surface area contributed by atoms with E-state index in [-0.39, 0.29) is 11.4 Å². The van der Waals surface area contributed by atoms with Gasteiger partial charge in [0.15, 0.2) is 0 Å². The molecule has 0 aliphatic carbocycles. The van der Waals surface area contributed by atoms with Crippen molar-refractivity contribution in [3.63, 3.8) is 0 Å². The predicted molar refractivity (Wildman–Crippen MR) is 74.3 cm³/mol. The SMILES string of the molecule is Cc1cc(CNS(=O)(=O)c2ccc(CBr)cc2)no1. The minimum atomic E-state index is -3.52.